The van der Waals surface area contributed by atoms with Gasteiger partial charge in [0.2, 0.25) is 0 Å². The Kier molecular flexibility index (Phi) is 5.54. The van der Waals surface area contributed by atoms with Crippen LogP contribution in [0.25, 0.3) is 0 Å². The number of hydrogen-bond donors (Lipinski definition) is 2. The second kappa shape index (κ2) is 8.03. The van der Waals surface area contributed by atoms with Crippen molar-refractivity contribution in [1.29, 1.82) is 0 Å². The lowest BCUT2D eigenvalue weighted by molar-refractivity contribution is 0.0652. The van der Waals surface area contributed by atoms with Crippen LogP contribution in [0.5, 0.6) is 0 Å². The van der Waals surface area contributed by atoms with Gasteiger partial charge in [0.1, 0.15) is 0 Å². The third-order valence-corrected chi connectivity index (χ3v) is 4.44. The van der Waals surface area contributed by atoms with Crippen LogP contribution in [0.15, 0.2) is 47.5 Å². The molecule has 0 radical (unpaired) electrons. The van der Waals surface area contributed by atoms with Crippen LogP contribution < -0.4 is 11.1 Å². The van der Waals surface area contributed by atoms with Gasteiger partial charge in [0.25, 0.3) is 11.8 Å². The van der Waals surface area contributed by atoms with Crippen LogP contribution in [0.1, 0.15) is 44.7 Å². The Bertz CT molecular complexity index is 850. The number of carbonyl (C=O) groups is 2. The summed E-state index contributed by atoms with van der Waals surface area (Å²) in [4.78, 5) is 30.2. The van der Waals surface area contributed by atoms with Crippen molar-refractivity contribution < 1.29 is 9.59 Å². The van der Waals surface area contributed by atoms with Crippen molar-refractivity contribution in [2.45, 2.75) is 26.7 Å². The zero-order valence-electron chi connectivity index (χ0n) is 15.7. The van der Waals surface area contributed by atoms with Gasteiger partial charge in [0.15, 0.2) is 5.96 Å². The number of rotatable bonds is 6. The lowest BCUT2D eigenvalue weighted by atomic mass is 10.1. The number of nitrogens with one attached hydrogen (secondary N) is 1. The minimum Gasteiger partial charge on any atom is -0.370 e. The molecule has 27 heavy (non-hydrogen) atoms. The Hall–Kier alpha value is -3.15. The molecular weight excluding hydrogens is 340 g/mol. The summed E-state index contributed by atoms with van der Waals surface area (Å²) >= 11 is 0. The number of amides is 2. The molecule has 2 aromatic rings. The van der Waals surface area contributed by atoms with Gasteiger partial charge in [-0.2, -0.15) is 0 Å². The minimum absolute atomic E-state index is 0.213. The number of fused-ring (bicyclic) bond motifs is 1. The molecule has 6 heteroatoms. The molecule has 0 aliphatic carbocycles. The van der Waals surface area contributed by atoms with E-state index in [1.807, 2.05) is 26.0 Å². The van der Waals surface area contributed by atoms with Crippen LogP contribution in [0, 0.1) is 13.8 Å². The molecule has 0 unspecified atom stereocenters. The van der Waals surface area contributed by atoms with E-state index in [1.54, 1.807) is 24.3 Å². The molecular formula is C21H24N4O2. The van der Waals surface area contributed by atoms with Crippen LogP contribution in [0.4, 0.5) is 5.69 Å². The number of nitrogens with zero attached hydrogens (tertiary/aromatic N) is 2. The van der Waals surface area contributed by atoms with Crippen molar-refractivity contribution in [1.82, 2.24) is 4.90 Å². The highest BCUT2D eigenvalue weighted by molar-refractivity contribution is 6.21. The third-order valence-electron chi connectivity index (χ3n) is 4.44. The lowest BCUT2D eigenvalue weighted by Crippen LogP contribution is -2.30. The standard InChI is InChI=1S/C21H24N4O2/c1-14-11-15(2)13-16(12-14)24-21(22)23-9-5-6-10-25-19(26)17-7-3-4-8-18(17)20(25)27/h3-4,7-8,11-13H,5-6,9-10H2,1-2H3,(H3,22,23,24). The number of anilines is 1. The number of guanidine groups is 1. The van der Waals surface area contributed by atoms with Gasteiger partial charge in [0, 0.05) is 18.8 Å². The number of carbonyl (C=O) groups excluding carboxylic acids is 2. The molecule has 1 aliphatic rings. The third kappa shape index (κ3) is 4.34. The fourth-order valence-corrected chi connectivity index (χ4v) is 3.26. The van der Waals surface area contributed by atoms with E-state index in [1.165, 1.54) is 4.90 Å². The molecule has 3 N–H and O–H groups in total. The van der Waals surface area contributed by atoms with Crippen molar-refractivity contribution in [2.24, 2.45) is 10.7 Å². The Morgan fingerprint density at radius 1 is 1.00 bits per heavy atom. The zero-order valence-corrected chi connectivity index (χ0v) is 15.7. The van der Waals surface area contributed by atoms with E-state index in [-0.39, 0.29) is 11.8 Å². The summed E-state index contributed by atoms with van der Waals surface area (Å²) in [5.74, 6) is -0.0640. The summed E-state index contributed by atoms with van der Waals surface area (Å²) in [6, 6.07) is 13.0. The Labute approximate surface area is 159 Å². The van der Waals surface area contributed by atoms with Crippen LogP contribution in [-0.2, 0) is 0 Å². The first-order valence-corrected chi connectivity index (χ1v) is 9.06. The highest BCUT2D eigenvalue weighted by Crippen LogP contribution is 2.22. The van der Waals surface area contributed by atoms with Crippen molar-refractivity contribution >= 4 is 23.5 Å². The van der Waals surface area contributed by atoms with Gasteiger partial charge in [-0.25, -0.2) is 0 Å². The van der Waals surface area contributed by atoms with E-state index in [2.05, 4.69) is 16.4 Å². The summed E-state index contributed by atoms with van der Waals surface area (Å²) in [7, 11) is 0. The predicted octanol–water partition coefficient (Wildman–Crippen LogP) is 3.11. The zero-order chi connectivity index (χ0) is 19.4. The Morgan fingerprint density at radius 2 is 1.59 bits per heavy atom. The quantitative estimate of drug-likeness (QED) is 0.357. The smallest absolute Gasteiger partial charge is 0.261 e. The van der Waals surface area contributed by atoms with E-state index in [4.69, 9.17) is 5.73 Å². The van der Waals surface area contributed by atoms with Crippen molar-refractivity contribution in [3.05, 3.63) is 64.7 Å². The number of benzene rings is 2. The number of aryl methyl sites for hydroxylation is 2. The summed E-state index contributed by atoms with van der Waals surface area (Å²) in [5.41, 5.74) is 10.1. The maximum atomic E-state index is 12.3. The summed E-state index contributed by atoms with van der Waals surface area (Å²) in [6.45, 7) is 4.99. The Balaban J connectivity index is 1.46. The average Bonchev–Trinajstić information content (AvgIpc) is 2.85. The number of unbranched alkanes of at least 4 members (excludes halogenated alkanes) is 1. The number of aliphatic imine (C=N–C) groups is 1. The lowest BCUT2D eigenvalue weighted by Gasteiger charge is -2.13. The molecule has 2 amide bonds. The molecule has 0 atom stereocenters. The van der Waals surface area contributed by atoms with E-state index < -0.39 is 0 Å². The van der Waals surface area contributed by atoms with Gasteiger partial charge in [-0.15, -0.1) is 0 Å². The van der Waals surface area contributed by atoms with Crippen LogP contribution in [0.3, 0.4) is 0 Å². The molecule has 1 heterocycles. The van der Waals surface area contributed by atoms with E-state index in [0.29, 0.717) is 36.6 Å². The molecule has 0 aromatic heterocycles. The molecule has 0 fully saturated rings. The van der Waals surface area contributed by atoms with E-state index in [9.17, 15) is 9.59 Å². The van der Waals surface area contributed by atoms with E-state index in [0.717, 1.165) is 23.2 Å². The van der Waals surface area contributed by atoms with Crippen LogP contribution in [0.2, 0.25) is 0 Å². The van der Waals surface area contributed by atoms with E-state index >= 15 is 0 Å². The minimum atomic E-state index is -0.213. The second-order valence-electron chi connectivity index (χ2n) is 6.78. The molecule has 0 spiro atoms. The molecule has 1 aliphatic heterocycles. The number of imide groups is 1. The molecule has 140 valence electrons. The summed E-state index contributed by atoms with van der Waals surface area (Å²) in [5, 5.41) is 3.09. The maximum Gasteiger partial charge on any atom is 0.261 e. The largest absolute Gasteiger partial charge is 0.370 e. The molecule has 3 rings (SSSR count). The molecule has 0 saturated carbocycles. The molecule has 0 saturated heterocycles. The number of nitrogens with two attached hydrogens (primary N) is 1. The summed E-state index contributed by atoms with van der Waals surface area (Å²) < 4.78 is 0. The molecule has 0 bridgehead atoms. The normalized spacial score (nSPS) is 13.9. The Morgan fingerprint density at radius 3 is 2.19 bits per heavy atom. The average molecular weight is 364 g/mol. The van der Waals surface area contributed by atoms with Gasteiger partial charge in [0.05, 0.1) is 11.1 Å². The molecule has 6 nitrogen and oxygen atoms in total. The number of hydrogen-bond acceptors (Lipinski definition) is 3. The first-order valence-electron chi connectivity index (χ1n) is 9.06. The molecule has 2 aromatic carbocycles. The van der Waals surface area contributed by atoms with Gasteiger partial charge in [-0.3, -0.25) is 19.5 Å². The fraction of sp³-hybridized carbons (Fsp3) is 0.286. The second-order valence-corrected chi connectivity index (χ2v) is 6.78. The van der Waals surface area contributed by atoms with Crippen LogP contribution in [-0.4, -0.2) is 35.8 Å². The van der Waals surface area contributed by atoms with Crippen molar-refractivity contribution in [2.75, 3.05) is 18.4 Å². The van der Waals surface area contributed by atoms with Gasteiger partial charge in [-0.05, 0) is 62.1 Å². The highest BCUT2D eigenvalue weighted by atomic mass is 16.2. The monoisotopic (exact) mass is 364 g/mol. The van der Waals surface area contributed by atoms with Crippen LogP contribution >= 0.6 is 0 Å². The summed E-state index contributed by atoms with van der Waals surface area (Å²) in [6.07, 6.45) is 1.43. The first-order chi connectivity index (χ1) is 13.0. The van der Waals surface area contributed by atoms with Crippen molar-refractivity contribution in [3.8, 4) is 0 Å². The van der Waals surface area contributed by atoms with Gasteiger partial charge >= 0.3 is 0 Å². The fourth-order valence-electron chi connectivity index (χ4n) is 3.26. The van der Waals surface area contributed by atoms with Gasteiger partial charge < -0.3 is 11.1 Å². The topological polar surface area (TPSA) is 87.8 Å². The first kappa shape index (κ1) is 18.6. The predicted molar refractivity (Wildman–Crippen MR) is 107 cm³/mol. The highest BCUT2D eigenvalue weighted by Gasteiger charge is 2.34. The SMILES string of the molecule is Cc1cc(C)cc(NC(N)=NCCCCN2C(=O)c3ccccc3C2=O)c1. The maximum absolute atomic E-state index is 12.3. The van der Waals surface area contributed by atoms with Crippen molar-refractivity contribution in [3.63, 3.8) is 0 Å². The van der Waals surface area contributed by atoms with Gasteiger partial charge in [-0.1, -0.05) is 18.2 Å².